The summed E-state index contributed by atoms with van der Waals surface area (Å²) >= 11 is 1.52. The highest BCUT2D eigenvalue weighted by Crippen LogP contribution is 2.28. The van der Waals surface area contributed by atoms with Gasteiger partial charge in [0, 0.05) is 34.3 Å². The largest absolute Gasteiger partial charge is 0.497 e. The van der Waals surface area contributed by atoms with Crippen LogP contribution in [0.25, 0.3) is 22.3 Å². The summed E-state index contributed by atoms with van der Waals surface area (Å²) in [5, 5.41) is 6.76. The summed E-state index contributed by atoms with van der Waals surface area (Å²) in [6, 6.07) is 11.0. The van der Waals surface area contributed by atoms with Crippen molar-refractivity contribution in [3.05, 3.63) is 64.7 Å². The minimum atomic E-state index is -0.156. The predicted molar refractivity (Wildman–Crippen MR) is 101 cm³/mol. The van der Waals surface area contributed by atoms with E-state index in [9.17, 15) is 4.79 Å². The summed E-state index contributed by atoms with van der Waals surface area (Å²) in [6.45, 7) is 0.376. The van der Waals surface area contributed by atoms with Crippen LogP contribution >= 0.6 is 11.3 Å². The molecule has 0 atom stereocenters. The lowest BCUT2D eigenvalue weighted by atomic mass is 10.2. The van der Waals surface area contributed by atoms with Crippen molar-refractivity contribution in [3.63, 3.8) is 0 Å². The number of carbonyl (C=O) groups excluding carboxylic acids is 1. The highest BCUT2D eigenvalue weighted by atomic mass is 32.1. The average Bonchev–Trinajstić information content (AvgIpc) is 3.32. The number of hydrogen-bond donors (Lipinski definition) is 2. The van der Waals surface area contributed by atoms with Gasteiger partial charge in [0.05, 0.1) is 19.3 Å². The first-order valence-corrected chi connectivity index (χ1v) is 8.91. The number of hydrogen-bond acceptors (Lipinski definition) is 5. The van der Waals surface area contributed by atoms with Crippen LogP contribution in [0.4, 0.5) is 0 Å². The number of methoxy groups -OCH3 is 1. The van der Waals surface area contributed by atoms with Gasteiger partial charge in [-0.25, -0.2) is 9.97 Å². The number of fused-ring (bicyclic) bond motifs is 1. The lowest BCUT2D eigenvalue weighted by Crippen LogP contribution is -2.22. The Kier molecular flexibility index (Phi) is 4.37. The number of H-pyrrole nitrogens is 1. The normalized spacial score (nSPS) is 10.8. The Balaban J connectivity index is 1.48. The zero-order valence-electron chi connectivity index (χ0n) is 14.0. The quantitative estimate of drug-likeness (QED) is 0.567. The number of carbonyl (C=O) groups is 1. The van der Waals surface area contributed by atoms with Gasteiger partial charge in [0.15, 0.2) is 0 Å². The molecule has 4 rings (SSSR count). The number of nitrogens with zero attached hydrogens (tertiary/aromatic N) is 2. The maximum Gasteiger partial charge on any atom is 0.251 e. The first kappa shape index (κ1) is 16.3. The number of rotatable bonds is 5. The summed E-state index contributed by atoms with van der Waals surface area (Å²) in [5.74, 6) is 0.499. The lowest BCUT2D eigenvalue weighted by Gasteiger charge is -2.05. The van der Waals surface area contributed by atoms with Crippen LogP contribution < -0.4 is 10.1 Å². The molecule has 0 saturated heterocycles. The second-order valence-corrected chi connectivity index (χ2v) is 6.59. The Morgan fingerprint density at radius 1 is 1.31 bits per heavy atom. The molecule has 2 N–H and O–H groups in total. The van der Waals surface area contributed by atoms with Crippen LogP contribution in [-0.2, 0) is 6.54 Å². The third-order valence-corrected chi connectivity index (χ3v) is 4.86. The van der Waals surface area contributed by atoms with Gasteiger partial charge >= 0.3 is 0 Å². The van der Waals surface area contributed by atoms with E-state index in [0.717, 1.165) is 27.3 Å². The molecule has 0 radical (unpaired) electrons. The second-order valence-electron chi connectivity index (χ2n) is 5.64. The molecule has 4 aromatic rings. The fourth-order valence-corrected chi connectivity index (χ4v) is 3.44. The summed E-state index contributed by atoms with van der Waals surface area (Å²) in [7, 11) is 1.58. The average molecular weight is 364 g/mol. The van der Waals surface area contributed by atoms with Gasteiger partial charge in [-0.3, -0.25) is 4.79 Å². The van der Waals surface area contributed by atoms with Crippen molar-refractivity contribution in [1.29, 1.82) is 0 Å². The minimum Gasteiger partial charge on any atom is -0.497 e. The molecular weight excluding hydrogens is 348 g/mol. The van der Waals surface area contributed by atoms with Crippen molar-refractivity contribution >= 4 is 28.3 Å². The summed E-state index contributed by atoms with van der Waals surface area (Å²) < 4.78 is 5.15. The van der Waals surface area contributed by atoms with Crippen LogP contribution in [0.15, 0.2) is 54.2 Å². The summed E-state index contributed by atoms with van der Waals surface area (Å²) in [6.07, 6.45) is 3.66. The molecule has 0 bridgehead atoms. The van der Waals surface area contributed by atoms with Gasteiger partial charge < -0.3 is 15.0 Å². The third kappa shape index (κ3) is 3.16. The van der Waals surface area contributed by atoms with Crippen LogP contribution in [0.5, 0.6) is 5.75 Å². The monoisotopic (exact) mass is 364 g/mol. The van der Waals surface area contributed by atoms with Crippen molar-refractivity contribution in [1.82, 2.24) is 20.3 Å². The van der Waals surface area contributed by atoms with Crippen molar-refractivity contribution in [2.24, 2.45) is 0 Å². The first-order chi connectivity index (χ1) is 12.7. The number of thiazole rings is 1. The van der Waals surface area contributed by atoms with E-state index in [1.165, 1.54) is 11.3 Å². The van der Waals surface area contributed by atoms with Gasteiger partial charge in [-0.15, -0.1) is 11.3 Å². The summed E-state index contributed by atoms with van der Waals surface area (Å²) in [4.78, 5) is 24.4. The third-order valence-electron chi connectivity index (χ3n) is 4.01. The predicted octanol–water partition coefficient (Wildman–Crippen LogP) is 3.63. The van der Waals surface area contributed by atoms with Gasteiger partial charge in [-0.1, -0.05) is 6.07 Å². The van der Waals surface area contributed by atoms with Crippen LogP contribution in [0, 0.1) is 0 Å². The van der Waals surface area contributed by atoms with E-state index in [0.29, 0.717) is 17.9 Å². The van der Waals surface area contributed by atoms with Gasteiger partial charge in [0.1, 0.15) is 16.4 Å². The summed E-state index contributed by atoms with van der Waals surface area (Å²) in [5.41, 5.74) is 3.28. The maximum atomic E-state index is 12.3. The van der Waals surface area contributed by atoms with Gasteiger partial charge in [0.2, 0.25) is 0 Å². The Morgan fingerprint density at radius 2 is 2.23 bits per heavy atom. The Labute approximate surface area is 153 Å². The molecule has 3 aromatic heterocycles. The molecule has 0 fully saturated rings. The molecule has 0 saturated carbocycles. The fraction of sp³-hybridized carbons (Fsp3) is 0.105. The van der Waals surface area contributed by atoms with Gasteiger partial charge in [-0.2, -0.15) is 0 Å². The number of aromatic amines is 1. The van der Waals surface area contributed by atoms with E-state index in [-0.39, 0.29) is 5.91 Å². The molecule has 0 aliphatic rings. The smallest absolute Gasteiger partial charge is 0.251 e. The first-order valence-electron chi connectivity index (χ1n) is 8.04. The van der Waals surface area contributed by atoms with Crippen molar-refractivity contribution in [2.45, 2.75) is 6.54 Å². The van der Waals surface area contributed by atoms with Crippen molar-refractivity contribution in [3.8, 4) is 17.0 Å². The van der Waals surface area contributed by atoms with Gasteiger partial charge in [-0.05, 0) is 30.3 Å². The Morgan fingerprint density at radius 3 is 3.12 bits per heavy atom. The number of ether oxygens (including phenoxy) is 1. The second kappa shape index (κ2) is 6.97. The molecule has 0 aliphatic carbocycles. The van der Waals surface area contributed by atoms with Crippen LogP contribution in [0.1, 0.15) is 15.4 Å². The number of nitrogens with one attached hydrogen (secondary N) is 2. The SMILES string of the molecule is COc1cccc(C(=O)NCc2nc(-c3c[nH]c4ncccc34)cs2)c1. The molecule has 0 aliphatic heterocycles. The molecule has 26 heavy (non-hydrogen) atoms. The Hall–Kier alpha value is -3.19. The molecule has 7 heteroatoms. The Bertz CT molecular complexity index is 1070. The molecule has 6 nitrogen and oxygen atoms in total. The van der Waals surface area contributed by atoms with Crippen LogP contribution in [0.2, 0.25) is 0 Å². The van der Waals surface area contributed by atoms with Crippen molar-refractivity contribution < 1.29 is 9.53 Å². The van der Waals surface area contributed by atoms with E-state index in [4.69, 9.17) is 4.74 Å². The molecule has 1 amide bonds. The van der Waals surface area contributed by atoms with Crippen LogP contribution in [-0.4, -0.2) is 28.0 Å². The highest BCUT2D eigenvalue weighted by Gasteiger charge is 2.12. The topological polar surface area (TPSA) is 79.9 Å². The van der Waals surface area contributed by atoms with E-state index < -0.39 is 0 Å². The standard InChI is InChI=1S/C19H16N4O2S/c1-25-13-5-2-4-12(8-13)19(24)22-10-17-23-16(11-26-17)15-9-21-18-14(15)6-3-7-20-18/h2-9,11H,10H2,1H3,(H,20,21)(H,22,24). The van der Waals surface area contributed by atoms with Crippen molar-refractivity contribution in [2.75, 3.05) is 7.11 Å². The van der Waals surface area contributed by atoms with E-state index >= 15 is 0 Å². The molecular formula is C19H16N4O2S. The molecule has 3 heterocycles. The maximum absolute atomic E-state index is 12.3. The molecule has 0 unspecified atom stereocenters. The van der Waals surface area contributed by atoms with Crippen LogP contribution in [0.3, 0.4) is 0 Å². The lowest BCUT2D eigenvalue weighted by molar-refractivity contribution is 0.0950. The zero-order chi connectivity index (χ0) is 17.9. The van der Waals surface area contributed by atoms with E-state index in [1.807, 2.05) is 23.7 Å². The number of amides is 1. The molecule has 130 valence electrons. The number of pyridine rings is 1. The number of benzene rings is 1. The van der Waals surface area contributed by atoms with E-state index in [2.05, 4.69) is 20.3 Å². The van der Waals surface area contributed by atoms with E-state index in [1.54, 1.807) is 37.6 Å². The highest BCUT2D eigenvalue weighted by molar-refractivity contribution is 7.10. The minimum absolute atomic E-state index is 0.156. The number of aromatic nitrogens is 3. The fourth-order valence-electron chi connectivity index (χ4n) is 2.71. The molecule has 1 aromatic carbocycles. The zero-order valence-corrected chi connectivity index (χ0v) is 14.8. The molecule has 0 spiro atoms. The van der Waals surface area contributed by atoms with Gasteiger partial charge in [0.25, 0.3) is 5.91 Å².